The lowest BCUT2D eigenvalue weighted by Gasteiger charge is -2.28. The molecular formula is C11H14BrNO2S. The molecule has 1 amide bonds. The Balaban J connectivity index is 1.99. The molecule has 2 rings (SSSR count). The summed E-state index contributed by atoms with van der Waals surface area (Å²) in [5.74, 6) is -0.0900. The molecule has 0 saturated heterocycles. The SMILES string of the molecule is O=C(N[C@@H]1CCCC[C@H]1O)c1sccc1Br. The maximum absolute atomic E-state index is 11.9. The van der Waals surface area contributed by atoms with E-state index in [4.69, 9.17) is 0 Å². The van der Waals surface area contributed by atoms with Crippen LogP contribution >= 0.6 is 27.3 Å². The third kappa shape index (κ3) is 2.64. The molecule has 0 unspecified atom stereocenters. The van der Waals surface area contributed by atoms with Gasteiger partial charge in [-0.1, -0.05) is 12.8 Å². The molecule has 0 aliphatic heterocycles. The molecule has 0 spiro atoms. The Morgan fingerprint density at radius 1 is 1.50 bits per heavy atom. The van der Waals surface area contributed by atoms with Crippen LogP contribution in [0, 0.1) is 0 Å². The van der Waals surface area contributed by atoms with Crippen LogP contribution in [0.1, 0.15) is 35.4 Å². The lowest BCUT2D eigenvalue weighted by molar-refractivity contribution is 0.0719. The van der Waals surface area contributed by atoms with Crippen molar-refractivity contribution in [3.05, 3.63) is 20.8 Å². The summed E-state index contributed by atoms with van der Waals surface area (Å²) in [5, 5.41) is 14.5. The number of hydrogen-bond acceptors (Lipinski definition) is 3. The highest BCUT2D eigenvalue weighted by molar-refractivity contribution is 9.10. The molecule has 16 heavy (non-hydrogen) atoms. The van der Waals surface area contributed by atoms with Gasteiger partial charge in [0.25, 0.3) is 5.91 Å². The lowest BCUT2D eigenvalue weighted by Crippen LogP contribution is -2.44. The third-order valence-electron chi connectivity index (χ3n) is 2.87. The maximum Gasteiger partial charge on any atom is 0.262 e. The summed E-state index contributed by atoms with van der Waals surface area (Å²) in [6.07, 6.45) is 3.40. The molecule has 2 N–H and O–H groups in total. The van der Waals surface area contributed by atoms with E-state index in [1.165, 1.54) is 11.3 Å². The van der Waals surface area contributed by atoms with Crippen molar-refractivity contribution in [2.45, 2.75) is 37.8 Å². The molecule has 0 bridgehead atoms. The zero-order valence-electron chi connectivity index (χ0n) is 8.78. The molecule has 5 heteroatoms. The van der Waals surface area contributed by atoms with Gasteiger partial charge in [0.15, 0.2) is 0 Å². The first-order valence-electron chi connectivity index (χ1n) is 5.40. The van der Waals surface area contributed by atoms with Crippen LogP contribution in [0.15, 0.2) is 15.9 Å². The second-order valence-electron chi connectivity index (χ2n) is 4.03. The number of aliphatic hydroxyl groups is 1. The molecule has 0 aromatic carbocycles. The molecule has 88 valence electrons. The van der Waals surface area contributed by atoms with Crippen molar-refractivity contribution in [3.63, 3.8) is 0 Å². The number of thiophene rings is 1. The number of rotatable bonds is 2. The van der Waals surface area contributed by atoms with Crippen molar-refractivity contribution in [2.24, 2.45) is 0 Å². The van der Waals surface area contributed by atoms with E-state index >= 15 is 0 Å². The molecule has 1 aliphatic rings. The van der Waals surface area contributed by atoms with Crippen LogP contribution in [0.3, 0.4) is 0 Å². The fourth-order valence-electron chi connectivity index (χ4n) is 1.97. The highest BCUT2D eigenvalue weighted by Gasteiger charge is 2.25. The van der Waals surface area contributed by atoms with Gasteiger partial charge in [0, 0.05) is 4.47 Å². The first-order valence-corrected chi connectivity index (χ1v) is 7.07. The maximum atomic E-state index is 11.9. The monoisotopic (exact) mass is 303 g/mol. The van der Waals surface area contributed by atoms with Crippen molar-refractivity contribution >= 4 is 33.2 Å². The van der Waals surface area contributed by atoms with Gasteiger partial charge in [0.2, 0.25) is 0 Å². The smallest absolute Gasteiger partial charge is 0.262 e. The van der Waals surface area contributed by atoms with Gasteiger partial charge in [-0.15, -0.1) is 11.3 Å². The van der Waals surface area contributed by atoms with E-state index in [1.807, 2.05) is 11.4 Å². The average molecular weight is 304 g/mol. The van der Waals surface area contributed by atoms with E-state index in [-0.39, 0.29) is 11.9 Å². The van der Waals surface area contributed by atoms with Crippen molar-refractivity contribution in [1.82, 2.24) is 5.32 Å². The van der Waals surface area contributed by atoms with Gasteiger partial charge in [-0.05, 0) is 40.2 Å². The number of carbonyl (C=O) groups excluding carboxylic acids is 1. The van der Waals surface area contributed by atoms with Crippen molar-refractivity contribution < 1.29 is 9.90 Å². The molecule has 1 saturated carbocycles. The van der Waals surface area contributed by atoms with E-state index < -0.39 is 6.10 Å². The molecule has 3 nitrogen and oxygen atoms in total. The van der Waals surface area contributed by atoms with Gasteiger partial charge in [0.05, 0.1) is 12.1 Å². The van der Waals surface area contributed by atoms with Crippen LogP contribution in [0.2, 0.25) is 0 Å². The van der Waals surface area contributed by atoms with E-state index in [0.717, 1.165) is 30.2 Å². The van der Waals surface area contributed by atoms with E-state index in [0.29, 0.717) is 4.88 Å². The highest BCUT2D eigenvalue weighted by atomic mass is 79.9. The Labute approximate surface area is 107 Å². The van der Waals surface area contributed by atoms with Gasteiger partial charge in [-0.3, -0.25) is 4.79 Å². The second kappa shape index (κ2) is 5.29. The largest absolute Gasteiger partial charge is 0.391 e. The Morgan fingerprint density at radius 3 is 2.88 bits per heavy atom. The van der Waals surface area contributed by atoms with E-state index in [9.17, 15) is 9.90 Å². The average Bonchev–Trinajstić information content (AvgIpc) is 2.68. The number of halogens is 1. The molecule has 0 radical (unpaired) electrons. The second-order valence-corrected chi connectivity index (χ2v) is 5.80. The zero-order chi connectivity index (χ0) is 11.5. The summed E-state index contributed by atoms with van der Waals surface area (Å²) in [4.78, 5) is 12.6. The van der Waals surface area contributed by atoms with Crippen LogP contribution in [0.5, 0.6) is 0 Å². The predicted octanol–water partition coefficient (Wildman–Crippen LogP) is 2.54. The zero-order valence-corrected chi connectivity index (χ0v) is 11.2. The van der Waals surface area contributed by atoms with Gasteiger partial charge in [0.1, 0.15) is 4.88 Å². The molecule has 1 aliphatic carbocycles. The molecule has 1 fully saturated rings. The first-order chi connectivity index (χ1) is 7.68. The van der Waals surface area contributed by atoms with Crippen molar-refractivity contribution in [3.8, 4) is 0 Å². The summed E-state index contributed by atoms with van der Waals surface area (Å²) in [6, 6.07) is 1.77. The lowest BCUT2D eigenvalue weighted by atomic mass is 9.92. The molecule has 2 atom stereocenters. The summed E-state index contributed by atoms with van der Waals surface area (Å²) in [6.45, 7) is 0. The van der Waals surface area contributed by atoms with E-state index in [1.54, 1.807) is 0 Å². The van der Waals surface area contributed by atoms with Crippen LogP contribution in [0.4, 0.5) is 0 Å². The summed E-state index contributed by atoms with van der Waals surface area (Å²) in [7, 11) is 0. The van der Waals surface area contributed by atoms with Crippen LogP contribution in [0.25, 0.3) is 0 Å². The van der Waals surface area contributed by atoms with Crippen LogP contribution in [-0.2, 0) is 0 Å². The summed E-state index contributed by atoms with van der Waals surface area (Å²) < 4.78 is 0.820. The predicted molar refractivity (Wildman–Crippen MR) is 67.7 cm³/mol. The topological polar surface area (TPSA) is 49.3 Å². The fourth-order valence-corrected chi connectivity index (χ4v) is 3.42. The Kier molecular flexibility index (Phi) is 4.00. The van der Waals surface area contributed by atoms with Gasteiger partial charge < -0.3 is 10.4 Å². The Morgan fingerprint density at radius 2 is 2.25 bits per heavy atom. The van der Waals surface area contributed by atoms with Gasteiger partial charge in [-0.2, -0.15) is 0 Å². The molecular weight excluding hydrogens is 290 g/mol. The van der Waals surface area contributed by atoms with Crippen molar-refractivity contribution in [2.75, 3.05) is 0 Å². The molecule has 1 aromatic rings. The van der Waals surface area contributed by atoms with Gasteiger partial charge >= 0.3 is 0 Å². The van der Waals surface area contributed by atoms with Crippen LogP contribution < -0.4 is 5.32 Å². The van der Waals surface area contributed by atoms with Crippen molar-refractivity contribution in [1.29, 1.82) is 0 Å². The fraction of sp³-hybridized carbons (Fsp3) is 0.545. The number of carbonyl (C=O) groups is 1. The number of nitrogens with one attached hydrogen (secondary N) is 1. The number of aliphatic hydroxyl groups excluding tert-OH is 1. The molecule has 1 aromatic heterocycles. The van der Waals surface area contributed by atoms with E-state index in [2.05, 4.69) is 21.2 Å². The normalized spacial score (nSPS) is 25.4. The standard InChI is InChI=1S/C11H14BrNO2S/c12-7-5-6-16-10(7)11(15)13-8-3-1-2-4-9(8)14/h5-6,8-9,14H,1-4H2,(H,13,15)/t8-,9-/m1/s1. The highest BCUT2D eigenvalue weighted by Crippen LogP contribution is 2.24. The quantitative estimate of drug-likeness (QED) is 0.882. The minimum atomic E-state index is -0.392. The van der Waals surface area contributed by atoms with Gasteiger partial charge in [-0.25, -0.2) is 0 Å². The summed E-state index contributed by atoms with van der Waals surface area (Å²) >= 11 is 4.74. The third-order valence-corrected chi connectivity index (χ3v) is 4.71. The Bertz CT molecular complexity index is 380. The number of amides is 1. The minimum Gasteiger partial charge on any atom is -0.391 e. The number of hydrogen-bond donors (Lipinski definition) is 2. The van der Waals surface area contributed by atoms with Crippen LogP contribution in [-0.4, -0.2) is 23.2 Å². The summed E-state index contributed by atoms with van der Waals surface area (Å²) in [5.41, 5.74) is 0. The Hall–Kier alpha value is -0.390. The first kappa shape index (κ1) is 12.1. The molecule has 1 heterocycles. The minimum absolute atomic E-state index is 0.0877.